The molecule has 0 aromatic carbocycles. The average molecular weight is 178 g/mol. The molecule has 2 aromatic heterocycles. The summed E-state index contributed by atoms with van der Waals surface area (Å²) in [6.45, 7) is 0. The van der Waals surface area contributed by atoms with Crippen LogP contribution in [0.25, 0.3) is 5.65 Å². The van der Waals surface area contributed by atoms with Crippen LogP contribution in [0.1, 0.15) is 10.5 Å². The molecule has 2 aromatic rings. The summed E-state index contributed by atoms with van der Waals surface area (Å²) in [7, 11) is 0. The van der Waals surface area contributed by atoms with Crippen LogP contribution in [0.3, 0.4) is 0 Å². The lowest BCUT2D eigenvalue weighted by Crippen LogP contribution is -1.96. The maximum absolute atomic E-state index is 10.6. The molecule has 0 fully saturated rings. The number of imidazole rings is 1. The van der Waals surface area contributed by atoms with Gasteiger partial charge in [0.1, 0.15) is 5.65 Å². The monoisotopic (exact) mass is 178 g/mol. The van der Waals surface area contributed by atoms with Gasteiger partial charge in [0.05, 0.1) is 0 Å². The summed E-state index contributed by atoms with van der Waals surface area (Å²) in [4.78, 5) is 14.3. The molecule has 0 aliphatic heterocycles. The number of aromatic hydroxyl groups is 1. The Balaban J connectivity index is 2.81. The number of hydrogen-bond donors (Lipinski definition) is 2. The van der Waals surface area contributed by atoms with E-state index in [9.17, 15) is 9.90 Å². The maximum atomic E-state index is 10.6. The molecule has 5 heteroatoms. The summed E-state index contributed by atoms with van der Waals surface area (Å²) < 4.78 is 1.31. The molecular formula is C8H6N2O3. The zero-order valence-corrected chi connectivity index (χ0v) is 6.51. The molecule has 0 radical (unpaired) electrons. The van der Waals surface area contributed by atoms with Gasteiger partial charge >= 0.3 is 5.97 Å². The summed E-state index contributed by atoms with van der Waals surface area (Å²) in [6, 6.07) is 5.01. The second-order valence-electron chi connectivity index (χ2n) is 2.52. The second-order valence-corrected chi connectivity index (χ2v) is 2.52. The van der Waals surface area contributed by atoms with Gasteiger partial charge in [-0.3, -0.25) is 4.40 Å². The number of hydrogen-bond acceptors (Lipinski definition) is 3. The predicted molar refractivity (Wildman–Crippen MR) is 43.8 cm³/mol. The van der Waals surface area contributed by atoms with Gasteiger partial charge < -0.3 is 10.2 Å². The molecule has 0 spiro atoms. The first-order chi connectivity index (χ1) is 6.20. The summed E-state index contributed by atoms with van der Waals surface area (Å²) in [5.74, 6) is -1.58. The van der Waals surface area contributed by atoms with Crippen molar-refractivity contribution in [2.45, 2.75) is 0 Å². The first kappa shape index (κ1) is 7.60. The van der Waals surface area contributed by atoms with E-state index in [1.54, 1.807) is 24.4 Å². The van der Waals surface area contributed by atoms with Crippen molar-refractivity contribution >= 4 is 11.6 Å². The molecule has 0 bridgehead atoms. The third-order valence-electron chi connectivity index (χ3n) is 1.71. The van der Waals surface area contributed by atoms with Crippen molar-refractivity contribution in [1.82, 2.24) is 9.38 Å². The first-order valence-corrected chi connectivity index (χ1v) is 3.59. The average Bonchev–Trinajstić information content (AvgIpc) is 2.45. The van der Waals surface area contributed by atoms with Crippen molar-refractivity contribution in [3.05, 3.63) is 30.1 Å². The van der Waals surface area contributed by atoms with Gasteiger partial charge in [-0.1, -0.05) is 6.07 Å². The van der Waals surface area contributed by atoms with Crippen LogP contribution in [0.2, 0.25) is 0 Å². The molecular weight excluding hydrogens is 172 g/mol. The highest BCUT2D eigenvalue weighted by atomic mass is 16.4. The van der Waals surface area contributed by atoms with Crippen molar-refractivity contribution in [1.29, 1.82) is 0 Å². The van der Waals surface area contributed by atoms with E-state index in [1.165, 1.54) is 4.40 Å². The highest BCUT2D eigenvalue weighted by Gasteiger charge is 2.16. The molecule has 0 unspecified atom stereocenters. The normalized spacial score (nSPS) is 10.5. The summed E-state index contributed by atoms with van der Waals surface area (Å²) in [6.07, 6.45) is 1.55. The number of rotatable bonds is 1. The number of carboxylic acids is 1. The molecule has 5 nitrogen and oxygen atoms in total. The van der Waals surface area contributed by atoms with Gasteiger partial charge in [-0.15, -0.1) is 0 Å². The number of fused-ring (bicyclic) bond motifs is 1. The third-order valence-corrected chi connectivity index (χ3v) is 1.71. The molecule has 0 aliphatic carbocycles. The van der Waals surface area contributed by atoms with Crippen LogP contribution in [-0.2, 0) is 0 Å². The summed E-state index contributed by atoms with van der Waals surface area (Å²) >= 11 is 0. The molecule has 0 saturated carbocycles. The SMILES string of the molecule is O=C(O)c1nc2ccccn2c1O. The molecule has 2 rings (SSSR count). The van der Waals surface area contributed by atoms with E-state index in [2.05, 4.69) is 4.98 Å². The smallest absolute Gasteiger partial charge is 0.360 e. The zero-order valence-electron chi connectivity index (χ0n) is 6.51. The molecule has 0 amide bonds. The topological polar surface area (TPSA) is 74.8 Å². The third kappa shape index (κ3) is 1.01. The van der Waals surface area contributed by atoms with Crippen molar-refractivity contribution < 1.29 is 15.0 Å². The lowest BCUT2D eigenvalue weighted by atomic mass is 10.5. The van der Waals surface area contributed by atoms with Gasteiger partial charge in [-0.25, -0.2) is 9.78 Å². The minimum Gasteiger partial charge on any atom is -0.492 e. The Labute approximate surface area is 72.9 Å². The number of aromatic nitrogens is 2. The highest BCUT2D eigenvalue weighted by molar-refractivity contribution is 5.89. The van der Waals surface area contributed by atoms with Crippen LogP contribution in [0.15, 0.2) is 24.4 Å². The van der Waals surface area contributed by atoms with Crippen molar-refractivity contribution in [2.24, 2.45) is 0 Å². The minimum absolute atomic E-state index is 0.328. The van der Waals surface area contributed by atoms with Gasteiger partial charge in [0.15, 0.2) is 0 Å². The Hall–Kier alpha value is -2.04. The Kier molecular flexibility index (Phi) is 1.45. The molecule has 2 N–H and O–H groups in total. The van der Waals surface area contributed by atoms with E-state index in [0.29, 0.717) is 5.65 Å². The van der Waals surface area contributed by atoms with Crippen LogP contribution < -0.4 is 0 Å². The first-order valence-electron chi connectivity index (χ1n) is 3.59. The number of pyridine rings is 1. The molecule has 66 valence electrons. The van der Waals surface area contributed by atoms with Crippen LogP contribution in [0.5, 0.6) is 5.88 Å². The number of nitrogens with zero attached hydrogens (tertiary/aromatic N) is 2. The van der Waals surface area contributed by atoms with E-state index in [4.69, 9.17) is 5.11 Å². The molecule has 0 aliphatic rings. The van der Waals surface area contributed by atoms with E-state index >= 15 is 0 Å². The van der Waals surface area contributed by atoms with Crippen LogP contribution in [0, 0.1) is 0 Å². The maximum Gasteiger partial charge on any atom is 0.360 e. The Morgan fingerprint density at radius 3 is 2.85 bits per heavy atom. The van der Waals surface area contributed by atoms with Gasteiger partial charge in [0.25, 0.3) is 0 Å². The van der Waals surface area contributed by atoms with Crippen molar-refractivity contribution in [3.8, 4) is 5.88 Å². The lowest BCUT2D eigenvalue weighted by molar-refractivity contribution is 0.0687. The van der Waals surface area contributed by atoms with Crippen LogP contribution >= 0.6 is 0 Å². The summed E-state index contributed by atoms with van der Waals surface area (Å²) in [5, 5.41) is 18.0. The predicted octanol–water partition coefficient (Wildman–Crippen LogP) is 0.738. The lowest BCUT2D eigenvalue weighted by Gasteiger charge is -1.91. The van der Waals surface area contributed by atoms with Crippen molar-refractivity contribution in [3.63, 3.8) is 0 Å². The summed E-state index contributed by atoms with van der Waals surface area (Å²) in [5.41, 5.74) is 0.0867. The van der Waals surface area contributed by atoms with Crippen LogP contribution in [0.4, 0.5) is 0 Å². The van der Waals surface area contributed by atoms with Gasteiger partial charge in [0, 0.05) is 6.20 Å². The van der Waals surface area contributed by atoms with Gasteiger partial charge in [-0.05, 0) is 12.1 Å². The largest absolute Gasteiger partial charge is 0.492 e. The Bertz CT molecular complexity index is 475. The number of carbonyl (C=O) groups is 1. The molecule has 0 atom stereocenters. The molecule has 2 heterocycles. The number of carboxylic acid groups (broad SMARTS) is 1. The van der Waals surface area contributed by atoms with E-state index in [0.717, 1.165) is 0 Å². The van der Waals surface area contributed by atoms with Crippen molar-refractivity contribution in [2.75, 3.05) is 0 Å². The van der Waals surface area contributed by atoms with Gasteiger partial charge in [0.2, 0.25) is 11.6 Å². The standard InChI is InChI=1S/C8H6N2O3/c11-7-6(8(12)13)9-5-3-1-2-4-10(5)7/h1-4,11H,(H,12,13). The Morgan fingerprint density at radius 1 is 1.46 bits per heavy atom. The Morgan fingerprint density at radius 2 is 2.23 bits per heavy atom. The quantitative estimate of drug-likeness (QED) is 0.675. The van der Waals surface area contributed by atoms with E-state index in [-0.39, 0.29) is 11.6 Å². The second kappa shape index (κ2) is 2.48. The fourth-order valence-corrected chi connectivity index (χ4v) is 1.13. The minimum atomic E-state index is -1.23. The van der Waals surface area contributed by atoms with E-state index in [1.807, 2.05) is 0 Å². The van der Waals surface area contributed by atoms with Crippen LogP contribution in [-0.4, -0.2) is 25.6 Å². The fraction of sp³-hybridized carbons (Fsp3) is 0. The zero-order chi connectivity index (χ0) is 9.42. The molecule has 13 heavy (non-hydrogen) atoms. The number of aromatic carboxylic acids is 1. The highest BCUT2D eigenvalue weighted by Crippen LogP contribution is 2.18. The van der Waals surface area contributed by atoms with Gasteiger partial charge in [-0.2, -0.15) is 0 Å². The van der Waals surface area contributed by atoms with E-state index < -0.39 is 5.97 Å². The molecule has 0 saturated heterocycles. The fourth-order valence-electron chi connectivity index (χ4n) is 1.13.